The van der Waals surface area contributed by atoms with Gasteiger partial charge in [0.25, 0.3) is 0 Å². The third-order valence-corrected chi connectivity index (χ3v) is 2.16. The lowest BCUT2D eigenvalue weighted by Crippen LogP contribution is -2.02. The summed E-state index contributed by atoms with van der Waals surface area (Å²) in [5.74, 6) is 0. The van der Waals surface area contributed by atoms with E-state index in [-0.39, 0.29) is 6.61 Å². The van der Waals surface area contributed by atoms with Gasteiger partial charge in [0, 0.05) is 6.54 Å². The zero-order valence-corrected chi connectivity index (χ0v) is 7.80. The van der Waals surface area contributed by atoms with E-state index in [1.807, 2.05) is 22.8 Å². The summed E-state index contributed by atoms with van der Waals surface area (Å²) < 4.78 is 1.94. The van der Waals surface area contributed by atoms with E-state index < -0.39 is 0 Å². The Morgan fingerprint density at radius 1 is 1.29 bits per heavy atom. The molecule has 0 unspecified atom stereocenters. The minimum Gasteiger partial charge on any atom is -0.390 e. The van der Waals surface area contributed by atoms with E-state index in [0.717, 1.165) is 12.2 Å². The van der Waals surface area contributed by atoms with Crippen LogP contribution < -0.4 is 0 Å². The number of benzene rings is 1. The number of aromatic nitrogens is 2. The molecule has 1 aromatic carbocycles. The second-order valence-corrected chi connectivity index (χ2v) is 3.16. The van der Waals surface area contributed by atoms with Crippen LogP contribution >= 0.6 is 0 Å². The van der Waals surface area contributed by atoms with Crippen molar-refractivity contribution in [2.45, 2.75) is 13.2 Å². The summed E-state index contributed by atoms with van der Waals surface area (Å²) in [5.41, 5.74) is 2.05. The van der Waals surface area contributed by atoms with Crippen LogP contribution in [0.5, 0.6) is 0 Å². The number of hydrogen-bond acceptors (Lipinski definition) is 2. The molecule has 0 saturated heterocycles. The summed E-state index contributed by atoms with van der Waals surface area (Å²) in [6, 6.07) is 10.1. The van der Waals surface area contributed by atoms with Gasteiger partial charge in [-0.3, -0.25) is 0 Å². The first-order valence-corrected chi connectivity index (χ1v) is 4.54. The van der Waals surface area contributed by atoms with Crippen LogP contribution in [0.2, 0.25) is 0 Å². The predicted molar refractivity (Wildman–Crippen MR) is 53.7 cm³/mol. The fourth-order valence-electron chi connectivity index (χ4n) is 1.40. The van der Waals surface area contributed by atoms with Crippen molar-refractivity contribution in [1.29, 1.82) is 0 Å². The number of aliphatic hydroxyl groups is 1. The van der Waals surface area contributed by atoms with Crippen LogP contribution in [0.4, 0.5) is 0 Å². The first-order chi connectivity index (χ1) is 6.90. The van der Waals surface area contributed by atoms with Gasteiger partial charge >= 0.3 is 0 Å². The Labute approximate surface area is 82.7 Å². The molecular weight excluding hydrogens is 178 g/mol. The van der Waals surface area contributed by atoms with Gasteiger partial charge in [0.2, 0.25) is 0 Å². The normalized spacial score (nSPS) is 10.4. The highest BCUT2D eigenvalue weighted by Gasteiger charge is 2.00. The summed E-state index contributed by atoms with van der Waals surface area (Å²) in [6.45, 7) is 0.795. The number of aliphatic hydroxyl groups excluding tert-OH is 1. The van der Waals surface area contributed by atoms with E-state index in [1.165, 1.54) is 5.56 Å². The van der Waals surface area contributed by atoms with E-state index in [4.69, 9.17) is 5.11 Å². The third-order valence-electron chi connectivity index (χ3n) is 2.16. The van der Waals surface area contributed by atoms with Crippen molar-refractivity contribution in [3.05, 3.63) is 54.1 Å². The molecular formula is C11H12N2O. The average molecular weight is 190 g/mol. The zero-order valence-electron chi connectivity index (χ0n) is 7.80. The topological polar surface area (TPSA) is 38.1 Å². The molecule has 1 aromatic heterocycles. The second-order valence-electron chi connectivity index (χ2n) is 3.16. The molecule has 0 radical (unpaired) electrons. The summed E-state index contributed by atoms with van der Waals surface area (Å²) in [7, 11) is 0. The van der Waals surface area contributed by atoms with Gasteiger partial charge in [-0.2, -0.15) is 0 Å². The third kappa shape index (κ3) is 1.83. The van der Waals surface area contributed by atoms with Gasteiger partial charge in [-0.15, -0.1) is 0 Å². The summed E-state index contributed by atoms with van der Waals surface area (Å²) in [6.07, 6.45) is 3.42. The Kier molecular flexibility index (Phi) is 2.60. The minimum absolute atomic E-state index is 0.0346. The minimum atomic E-state index is 0.0346. The van der Waals surface area contributed by atoms with E-state index >= 15 is 0 Å². The highest BCUT2D eigenvalue weighted by atomic mass is 16.3. The van der Waals surface area contributed by atoms with Crippen LogP contribution in [-0.2, 0) is 13.2 Å². The van der Waals surface area contributed by atoms with Crippen molar-refractivity contribution >= 4 is 0 Å². The predicted octanol–water partition coefficient (Wildman–Crippen LogP) is 1.42. The Hall–Kier alpha value is -1.61. The molecule has 2 aromatic rings. The second kappa shape index (κ2) is 4.07. The van der Waals surface area contributed by atoms with Gasteiger partial charge in [-0.1, -0.05) is 30.3 Å². The van der Waals surface area contributed by atoms with Gasteiger partial charge < -0.3 is 9.67 Å². The molecule has 14 heavy (non-hydrogen) atoms. The molecule has 0 aliphatic carbocycles. The zero-order chi connectivity index (χ0) is 9.80. The molecule has 0 saturated carbocycles. The Morgan fingerprint density at radius 2 is 2.07 bits per heavy atom. The Bertz CT molecular complexity index is 395. The van der Waals surface area contributed by atoms with E-state index in [0.29, 0.717) is 0 Å². The van der Waals surface area contributed by atoms with E-state index in [2.05, 4.69) is 17.1 Å². The monoisotopic (exact) mass is 190 g/mol. The van der Waals surface area contributed by atoms with Crippen molar-refractivity contribution in [2.75, 3.05) is 0 Å². The van der Waals surface area contributed by atoms with Gasteiger partial charge in [-0.05, 0) is 5.56 Å². The van der Waals surface area contributed by atoms with Gasteiger partial charge in [0.15, 0.2) is 0 Å². The largest absolute Gasteiger partial charge is 0.390 e. The highest BCUT2D eigenvalue weighted by Crippen LogP contribution is 2.05. The van der Waals surface area contributed by atoms with Crippen LogP contribution in [0.3, 0.4) is 0 Å². The highest BCUT2D eigenvalue weighted by molar-refractivity contribution is 5.16. The molecule has 72 valence electrons. The smallest absolute Gasteiger partial charge is 0.0952 e. The van der Waals surface area contributed by atoms with Crippen LogP contribution in [0, 0.1) is 0 Å². The summed E-state index contributed by atoms with van der Waals surface area (Å²) >= 11 is 0. The van der Waals surface area contributed by atoms with Crippen LogP contribution in [0.15, 0.2) is 42.9 Å². The van der Waals surface area contributed by atoms with Crippen LogP contribution in [0.1, 0.15) is 11.3 Å². The number of imidazole rings is 1. The SMILES string of the molecule is OCc1cn[14cH]n1Cc1ccccc1. The summed E-state index contributed by atoms with van der Waals surface area (Å²) in [5, 5.41) is 9.02. The average Bonchev–Trinajstić information content (AvgIpc) is 2.67. The molecule has 3 nitrogen and oxygen atoms in total. The molecule has 1 N–H and O–H groups in total. The van der Waals surface area contributed by atoms with Gasteiger partial charge in [-0.25, -0.2) is 4.98 Å². The van der Waals surface area contributed by atoms with Crippen molar-refractivity contribution in [3.63, 3.8) is 0 Å². The molecule has 2 rings (SSSR count). The van der Waals surface area contributed by atoms with Crippen molar-refractivity contribution in [2.24, 2.45) is 0 Å². The quantitative estimate of drug-likeness (QED) is 0.795. The van der Waals surface area contributed by atoms with Crippen LogP contribution in [0.25, 0.3) is 0 Å². The van der Waals surface area contributed by atoms with Crippen molar-refractivity contribution in [3.8, 4) is 0 Å². The molecule has 0 aliphatic rings. The molecule has 3 heteroatoms. The number of rotatable bonds is 3. The van der Waals surface area contributed by atoms with Gasteiger partial charge in [0.05, 0.1) is 24.8 Å². The van der Waals surface area contributed by atoms with Crippen molar-refractivity contribution in [1.82, 2.24) is 9.55 Å². The molecule has 1 heterocycles. The molecule has 0 spiro atoms. The summed E-state index contributed by atoms with van der Waals surface area (Å²) in [4.78, 5) is 3.99. The lowest BCUT2D eigenvalue weighted by Gasteiger charge is -2.05. The maximum Gasteiger partial charge on any atom is 0.0952 e. The first kappa shape index (κ1) is 8.97. The fourth-order valence-corrected chi connectivity index (χ4v) is 1.40. The first-order valence-electron chi connectivity index (χ1n) is 4.54. The molecule has 0 amide bonds. The van der Waals surface area contributed by atoms with Crippen LogP contribution in [-0.4, -0.2) is 14.7 Å². The van der Waals surface area contributed by atoms with Crippen molar-refractivity contribution < 1.29 is 5.11 Å². The lowest BCUT2D eigenvalue weighted by molar-refractivity contribution is 0.271. The lowest BCUT2D eigenvalue weighted by atomic mass is 10.2. The maximum absolute atomic E-state index is 9.02. The van der Waals surface area contributed by atoms with Gasteiger partial charge in [0.1, 0.15) is 0 Å². The molecule has 0 aliphatic heterocycles. The molecule has 0 atom stereocenters. The Morgan fingerprint density at radius 3 is 2.79 bits per heavy atom. The molecule has 0 bridgehead atoms. The standard InChI is InChI=1S/C11H12N2O/c14-8-11-6-12-9-13(11)7-10-4-2-1-3-5-10/h1-6,9,14H,7-8H2/i9+2. The van der Waals surface area contributed by atoms with E-state index in [9.17, 15) is 0 Å². The molecule has 0 fully saturated rings. The number of hydrogen-bond donors (Lipinski definition) is 1. The van der Waals surface area contributed by atoms with E-state index in [1.54, 1.807) is 12.5 Å². The fraction of sp³-hybridized carbons (Fsp3) is 0.182. The number of nitrogens with zero attached hydrogens (tertiary/aromatic N) is 2. The Balaban J connectivity index is 2.19. The maximum atomic E-state index is 9.02.